The summed E-state index contributed by atoms with van der Waals surface area (Å²) in [6.07, 6.45) is 0.0563. The summed E-state index contributed by atoms with van der Waals surface area (Å²) in [4.78, 5) is 9.12. The number of piperazine rings is 1. The second-order valence-electron chi connectivity index (χ2n) is 6.86. The van der Waals surface area contributed by atoms with E-state index in [0.717, 1.165) is 55.9 Å². The summed E-state index contributed by atoms with van der Waals surface area (Å²) in [5, 5.41) is 7.52. The summed E-state index contributed by atoms with van der Waals surface area (Å²) in [5.41, 5.74) is 0.996. The Hall–Kier alpha value is -2.54. The molecule has 0 saturated carbocycles. The van der Waals surface area contributed by atoms with Gasteiger partial charge in [-0.15, -0.1) is 0 Å². The predicted octanol–water partition coefficient (Wildman–Crippen LogP) is 2.14. The van der Waals surface area contributed by atoms with Crippen LogP contribution in [0.4, 0.5) is 0 Å². The Bertz CT molecular complexity index is 723. The van der Waals surface area contributed by atoms with Crippen LogP contribution >= 0.6 is 0 Å². The summed E-state index contributed by atoms with van der Waals surface area (Å²) >= 11 is 0. The van der Waals surface area contributed by atoms with Crippen molar-refractivity contribution in [3.63, 3.8) is 0 Å². The highest BCUT2D eigenvalue weighted by Gasteiger charge is 2.20. The van der Waals surface area contributed by atoms with Gasteiger partial charge in [-0.2, -0.15) is 0 Å². The highest BCUT2D eigenvalue weighted by atomic mass is 16.5. The minimum Gasteiger partial charge on any atom is -0.489 e. The molecule has 0 spiro atoms. The normalized spacial score (nSPS) is 17.0. The van der Waals surface area contributed by atoms with E-state index in [0.29, 0.717) is 6.54 Å². The first kappa shape index (κ1) is 19.2. The van der Waals surface area contributed by atoms with Crippen LogP contribution in [0.1, 0.15) is 18.4 Å². The van der Waals surface area contributed by atoms with Crippen LogP contribution in [0.2, 0.25) is 0 Å². The number of aliphatic imine (C=N–C) groups is 1. The van der Waals surface area contributed by atoms with Crippen LogP contribution in [0.15, 0.2) is 45.9 Å². The first-order valence-electron chi connectivity index (χ1n) is 9.46. The Kier molecular flexibility index (Phi) is 6.70. The van der Waals surface area contributed by atoms with Gasteiger partial charge in [0.15, 0.2) is 5.96 Å². The van der Waals surface area contributed by atoms with E-state index in [9.17, 15) is 0 Å². The Morgan fingerprint density at radius 3 is 2.63 bits per heavy atom. The molecule has 3 rings (SSSR count). The fraction of sp³-hybridized carbons (Fsp3) is 0.500. The zero-order valence-corrected chi connectivity index (χ0v) is 16.4. The van der Waals surface area contributed by atoms with Crippen molar-refractivity contribution in [3.8, 4) is 5.75 Å². The first-order chi connectivity index (χ1) is 13.1. The number of hydrogen-bond donors (Lipinski definition) is 1. The second-order valence-corrected chi connectivity index (χ2v) is 6.86. The maximum absolute atomic E-state index is 5.92. The molecule has 7 heteroatoms. The highest BCUT2D eigenvalue weighted by Crippen LogP contribution is 2.11. The molecule has 0 bridgehead atoms. The zero-order chi connectivity index (χ0) is 19.1. The van der Waals surface area contributed by atoms with E-state index >= 15 is 0 Å². The third kappa shape index (κ3) is 5.72. The van der Waals surface area contributed by atoms with Gasteiger partial charge in [-0.25, -0.2) is 0 Å². The molecule has 1 aliphatic heterocycles. The summed E-state index contributed by atoms with van der Waals surface area (Å²) < 4.78 is 11.1. The number of aromatic nitrogens is 1. The molecule has 1 aromatic carbocycles. The van der Waals surface area contributed by atoms with Gasteiger partial charge in [-0.3, -0.25) is 9.89 Å². The summed E-state index contributed by atoms with van der Waals surface area (Å²) in [5.74, 6) is 2.68. The SMILES string of the molecule is CN=C(NCC(C)Oc1ccccc1)N1CCN(Cc2cc(C)on2)CC1. The average molecular weight is 371 g/mol. The molecule has 0 amide bonds. The third-order valence-electron chi connectivity index (χ3n) is 4.57. The van der Waals surface area contributed by atoms with Crippen LogP contribution in [0.5, 0.6) is 5.75 Å². The van der Waals surface area contributed by atoms with E-state index in [1.54, 1.807) is 0 Å². The largest absolute Gasteiger partial charge is 0.489 e. The molecule has 146 valence electrons. The molecule has 2 aromatic rings. The van der Waals surface area contributed by atoms with Gasteiger partial charge in [0, 0.05) is 45.8 Å². The third-order valence-corrected chi connectivity index (χ3v) is 4.57. The van der Waals surface area contributed by atoms with Gasteiger partial charge in [0.05, 0.1) is 12.2 Å². The number of guanidine groups is 1. The lowest BCUT2D eigenvalue weighted by molar-refractivity contribution is 0.167. The quantitative estimate of drug-likeness (QED) is 0.620. The lowest BCUT2D eigenvalue weighted by atomic mass is 10.3. The van der Waals surface area contributed by atoms with Crippen LogP contribution < -0.4 is 10.1 Å². The van der Waals surface area contributed by atoms with Crippen LogP contribution in [0.25, 0.3) is 0 Å². The second kappa shape index (κ2) is 9.41. The summed E-state index contributed by atoms with van der Waals surface area (Å²) in [7, 11) is 1.83. The number of nitrogens with zero attached hydrogens (tertiary/aromatic N) is 4. The Morgan fingerprint density at radius 2 is 2.00 bits per heavy atom. The summed E-state index contributed by atoms with van der Waals surface area (Å²) in [6.45, 7) is 9.34. The first-order valence-corrected chi connectivity index (χ1v) is 9.46. The zero-order valence-electron chi connectivity index (χ0n) is 16.4. The van der Waals surface area contributed by atoms with Crippen molar-refractivity contribution >= 4 is 5.96 Å². The molecular formula is C20H29N5O2. The van der Waals surface area contributed by atoms with Crippen molar-refractivity contribution in [1.29, 1.82) is 0 Å². The fourth-order valence-corrected chi connectivity index (χ4v) is 3.18. The molecule has 1 N–H and O–H groups in total. The monoisotopic (exact) mass is 371 g/mol. The molecule has 1 aromatic heterocycles. The summed E-state index contributed by atoms with van der Waals surface area (Å²) in [6, 6.07) is 11.9. The van der Waals surface area contributed by atoms with E-state index in [2.05, 4.69) is 32.2 Å². The van der Waals surface area contributed by atoms with Gasteiger partial charge in [-0.05, 0) is 26.0 Å². The average Bonchev–Trinajstić information content (AvgIpc) is 3.09. The Balaban J connectivity index is 1.42. The molecule has 1 atom stereocenters. The fourth-order valence-electron chi connectivity index (χ4n) is 3.18. The van der Waals surface area contributed by atoms with Crippen molar-refractivity contribution < 1.29 is 9.26 Å². The highest BCUT2D eigenvalue weighted by molar-refractivity contribution is 5.80. The minimum absolute atomic E-state index is 0.0563. The lowest BCUT2D eigenvalue weighted by Gasteiger charge is -2.36. The number of ether oxygens (including phenoxy) is 1. The molecule has 1 fully saturated rings. The van der Waals surface area contributed by atoms with Crippen LogP contribution in [0.3, 0.4) is 0 Å². The molecule has 7 nitrogen and oxygen atoms in total. The minimum atomic E-state index is 0.0563. The molecule has 1 unspecified atom stereocenters. The molecule has 1 saturated heterocycles. The molecule has 0 aliphatic carbocycles. The Labute approximate surface area is 161 Å². The number of hydrogen-bond acceptors (Lipinski definition) is 5. The lowest BCUT2D eigenvalue weighted by Crippen LogP contribution is -2.53. The molecule has 1 aliphatic rings. The van der Waals surface area contributed by atoms with Crippen LogP contribution in [0, 0.1) is 6.92 Å². The van der Waals surface area contributed by atoms with Crippen molar-refractivity contribution in [2.45, 2.75) is 26.5 Å². The number of rotatable bonds is 6. The molecular weight excluding hydrogens is 342 g/mol. The Morgan fingerprint density at radius 1 is 1.26 bits per heavy atom. The van der Waals surface area contributed by atoms with Gasteiger partial charge >= 0.3 is 0 Å². The van der Waals surface area contributed by atoms with Gasteiger partial charge < -0.3 is 19.5 Å². The van der Waals surface area contributed by atoms with Gasteiger partial charge in [0.2, 0.25) is 0 Å². The van der Waals surface area contributed by atoms with E-state index in [4.69, 9.17) is 9.26 Å². The number of para-hydroxylation sites is 1. The number of nitrogens with one attached hydrogen (secondary N) is 1. The predicted molar refractivity (Wildman–Crippen MR) is 106 cm³/mol. The molecule has 27 heavy (non-hydrogen) atoms. The maximum Gasteiger partial charge on any atom is 0.193 e. The number of benzene rings is 1. The maximum atomic E-state index is 5.92. The van der Waals surface area contributed by atoms with Crippen LogP contribution in [-0.4, -0.2) is 66.8 Å². The molecule has 2 heterocycles. The van der Waals surface area contributed by atoms with E-state index in [1.807, 2.05) is 50.4 Å². The van der Waals surface area contributed by atoms with Crippen molar-refractivity contribution in [3.05, 3.63) is 47.9 Å². The van der Waals surface area contributed by atoms with E-state index < -0.39 is 0 Å². The molecule has 0 radical (unpaired) electrons. The van der Waals surface area contributed by atoms with Gasteiger partial charge in [-0.1, -0.05) is 23.4 Å². The van der Waals surface area contributed by atoms with Gasteiger partial charge in [0.1, 0.15) is 17.6 Å². The van der Waals surface area contributed by atoms with E-state index in [1.165, 1.54) is 0 Å². The number of aryl methyl sites for hydroxylation is 1. The topological polar surface area (TPSA) is 66.1 Å². The van der Waals surface area contributed by atoms with E-state index in [-0.39, 0.29) is 6.10 Å². The smallest absolute Gasteiger partial charge is 0.193 e. The van der Waals surface area contributed by atoms with Crippen molar-refractivity contribution in [2.24, 2.45) is 4.99 Å². The van der Waals surface area contributed by atoms with Crippen LogP contribution in [-0.2, 0) is 6.54 Å². The van der Waals surface area contributed by atoms with Crippen molar-refractivity contribution in [1.82, 2.24) is 20.3 Å². The standard InChI is InChI=1S/C20H29N5O2/c1-16-13-18(23-27-16)15-24-9-11-25(12-10-24)20(21-3)22-14-17(2)26-19-7-5-4-6-8-19/h4-8,13,17H,9-12,14-15H2,1-3H3,(H,21,22). The van der Waals surface area contributed by atoms with Gasteiger partial charge in [0.25, 0.3) is 0 Å². The van der Waals surface area contributed by atoms with Crippen molar-refractivity contribution in [2.75, 3.05) is 39.8 Å².